The van der Waals surface area contributed by atoms with Crippen molar-refractivity contribution in [1.29, 1.82) is 0 Å². The third-order valence-electron chi connectivity index (χ3n) is 6.86. The van der Waals surface area contributed by atoms with Gasteiger partial charge in [0.05, 0.1) is 5.56 Å². The summed E-state index contributed by atoms with van der Waals surface area (Å²) in [7, 11) is 0. The van der Waals surface area contributed by atoms with Crippen LogP contribution in [0.2, 0.25) is 0 Å². The van der Waals surface area contributed by atoms with Crippen LogP contribution in [0.3, 0.4) is 0 Å². The highest BCUT2D eigenvalue weighted by Gasteiger charge is 2.51. The molecule has 2 N–H and O–H groups in total. The Morgan fingerprint density at radius 3 is 2.87 bits per heavy atom. The standard InChI is InChI=1S/C24H27NO5/c1-4-9-25-20(27)10-13(2)14-5-6-17-21(22(14)28)19(26)11-18-16-12-30-23(29)15(16)7-8-24(17,18)3/h5-6,10,18,28H,4,7-9,11-12H2,1-3H3,(H,25,27)/b13-10+. The van der Waals surface area contributed by atoms with E-state index in [4.69, 9.17) is 4.74 Å². The molecule has 3 aliphatic rings. The Morgan fingerprint density at radius 2 is 2.13 bits per heavy atom. The van der Waals surface area contributed by atoms with Crippen LogP contribution in [-0.4, -0.2) is 35.9 Å². The molecule has 6 nitrogen and oxygen atoms in total. The van der Waals surface area contributed by atoms with Gasteiger partial charge in [-0.2, -0.15) is 0 Å². The molecule has 1 aromatic carbocycles. The number of phenols is 1. The van der Waals surface area contributed by atoms with Crippen molar-refractivity contribution in [2.45, 2.75) is 51.9 Å². The van der Waals surface area contributed by atoms with E-state index in [0.717, 1.165) is 29.6 Å². The summed E-state index contributed by atoms with van der Waals surface area (Å²) in [5.41, 5.74) is 3.59. The summed E-state index contributed by atoms with van der Waals surface area (Å²) in [5, 5.41) is 13.8. The summed E-state index contributed by atoms with van der Waals surface area (Å²) in [6.07, 6.45) is 3.88. The molecule has 0 bridgehead atoms. The van der Waals surface area contributed by atoms with Crippen molar-refractivity contribution in [2.75, 3.05) is 13.2 Å². The van der Waals surface area contributed by atoms with Gasteiger partial charge in [0.15, 0.2) is 5.78 Å². The molecule has 1 aliphatic heterocycles. The second-order valence-electron chi connectivity index (χ2n) is 8.68. The normalized spacial score (nSPS) is 25.4. The maximum Gasteiger partial charge on any atom is 0.334 e. The summed E-state index contributed by atoms with van der Waals surface area (Å²) in [5.74, 6) is -0.765. The number of cyclic esters (lactones) is 1. The van der Waals surface area contributed by atoms with Crippen molar-refractivity contribution in [1.82, 2.24) is 5.32 Å². The number of carbonyl (C=O) groups excluding carboxylic acids is 3. The fourth-order valence-electron chi connectivity index (χ4n) is 5.17. The Morgan fingerprint density at radius 1 is 1.37 bits per heavy atom. The third-order valence-corrected chi connectivity index (χ3v) is 6.86. The maximum absolute atomic E-state index is 13.1. The van der Waals surface area contributed by atoms with Crippen molar-refractivity contribution in [3.05, 3.63) is 46.0 Å². The number of ketones is 1. The number of benzene rings is 1. The lowest BCUT2D eigenvalue weighted by Crippen LogP contribution is -2.43. The topological polar surface area (TPSA) is 92.7 Å². The molecule has 0 fully saturated rings. The van der Waals surface area contributed by atoms with Crippen LogP contribution in [0.5, 0.6) is 5.75 Å². The van der Waals surface area contributed by atoms with E-state index in [1.165, 1.54) is 6.08 Å². The predicted octanol–water partition coefficient (Wildman–Crippen LogP) is 3.43. The average Bonchev–Trinajstić information content (AvgIpc) is 3.08. The van der Waals surface area contributed by atoms with E-state index in [0.29, 0.717) is 29.7 Å². The SMILES string of the molecule is CCCNC(=O)/C=C(\C)c1ccc2c(c1O)C(=O)CC1C3=C(CCC21C)C(=O)OC3. The first-order valence-electron chi connectivity index (χ1n) is 10.5. The largest absolute Gasteiger partial charge is 0.507 e. The second kappa shape index (κ2) is 7.42. The van der Waals surface area contributed by atoms with Crippen LogP contribution >= 0.6 is 0 Å². The number of esters is 1. The third kappa shape index (κ3) is 3.06. The molecule has 1 heterocycles. The van der Waals surface area contributed by atoms with Gasteiger partial charge in [0, 0.05) is 41.5 Å². The number of hydrogen-bond acceptors (Lipinski definition) is 5. The van der Waals surface area contributed by atoms with Crippen LogP contribution in [0.4, 0.5) is 0 Å². The molecule has 0 spiro atoms. The summed E-state index contributed by atoms with van der Waals surface area (Å²) in [4.78, 5) is 37.1. The summed E-state index contributed by atoms with van der Waals surface area (Å²) in [6.45, 7) is 6.68. The van der Waals surface area contributed by atoms with Crippen molar-refractivity contribution in [2.24, 2.45) is 5.92 Å². The molecular formula is C24H27NO5. The molecule has 0 aromatic heterocycles. The zero-order chi connectivity index (χ0) is 21.6. The summed E-state index contributed by atoms with van der Waals surface area (Å²) < 4.78 is 5.24. The van der Waals surface area contributed by atoms with Crippen LogP contribution in [-0.2, 0) is 19.7 Å². The highest BCUT2D eigenvalue weighted by Crippen LogP contribution is 2.55. The first-order chi connectivity index (χ1) is 14.3. The molecule has 0 saturated carbocycles. The molecule has 30 heavy (non-hydrogen) atoms. The maximum atomic E-state index is 13.1. The minimum absolute atomic E-state index is 0.0623. The summed E-state index contributed by atoms with van der Waals surface area (Å²) in [6, 6.07) is 3.69. The van der Waals surface area contributed by atoms with E-state index in [9.17, 15) is 19.5 Å². The van der Waals surface area contributed by atoms with Gasteiger partial charge < -0.3 is 15.2 Å². The molecule has 6 heteroatoms. The van der Waals surface area contributed by atoms with Crippen molar-refractivity contribution >= 4 is 23.2 Å². The predicted molar refractivity (Wildman–Crippen MR) is 112 cm³/mol. The van der Waals surface area contributed by atoms with Gasteiger partial charge in [0.25, 0.3) is 0 Å². The van der Waals surface area contributed by atoms with Crippen LogP contribution in [0.1, 0.15) is 67.9 Å². The number of carbonyl (C=O) groups is 3. The fraction of sp³-hybridized carbons (Fsp3) is 0.458. The van der Waals surface area contributed by atoms with E-state index in [-0.39, 0.29) is 47.8 Å². The molecule has 2 unspecified atom stereocenters. The van der Waals surface area contributed by atoms with Gasteiger partial charge in [-0.1, -0.05) is 26.0 Å². The van der Waals surface area contributed by atoms with Gasteiger partial charge in [-0.3, -0.25) is 9.59 Å². The molecule has 1 amide bonds. The lowest BCUT2D eigenvalue weighted by Gasteiger charge is -2.46. The smallest absolute Gasteiger partial charge is 0.334 e. The van der Waals surface area contributed by atoms with Crippen LogP contribution in [0.15, 0.2) is 29.4 Å². The van der Waals surface area contributed by atoms with Gasteiger partial charge in [-0.05, 0) is 42.9 Å². The van der Waals surface area contributed by atoms with E-state index >= 15 is 0 Å². The number of allylic oxidation sites excluding steroid dienone is 1. The van der Waals surface area contributed by atoms with Gasteiger partial charge in [0.1, 0.15) is 12.4 Å². The Kier molecular flexibility index (Phi) is 5.04. The molecular weight excluding hydrogens is 382 g/mol. The number of phenolic OH excluding ortho intramolecular Hbond substituents is 1. The number of fused-ring (bicyclic) bond motifs is 4. The van der Waals surface area contributed by atoms with Gasteiger partial charge >= 0.3 is 5.97 Å². The minimum Gasteiger partial charge on any atom is -0.507 e. The first kappa shape index (κ1) is 20.4. The Hall–Kier alpha value is -2.89. The Bertz CT molecular complexity index is 1020. The van der Waals surface area contributed by atoms with E-state index in [2.05, 4.69) is 12.2 Å². The quantitative estimate of drug-likeness (QED) is 0.587. The van der Waals surface area contributed by atoms with Gasteiger partial charge in [-0.25, -0.2) is 4.79 Å². The van der Waals surface area contributed by atoms with Gasteiger partial charge in [-0.15, -0.1) is 0 Å². The lowest BCUT2D eigenvalue weighted by atomic mass is 9.56. The molecule has 2 atom stereocenters. The van der Waals surface area contributed by atoms with Crippen molar-refractivity contribution in [3.63, 3.8) is 0 Å². The molecule has 1 aromatic rings. The monoisotopic (exact) mass is 409 g/mol. The minimum atomic E-state index is -0.345. The molecule has 2 aliphatic carbocycles. The molecule has 158 valence electrons. The molecule has 0 radical (unpaired) electrons. The number of aromatic hydroxyl groups is 1. The van der Waals surface area contributed by atoms with Crippen LogP contribution in [0, 0.1) is 5.92 Å². The number of hydrogen-bond donors (Lipinski definition) is 2. The number of amides is 1. The highest BCUT2D eigenvalue weighted by atomic mass is 16.5. The average molecular weight is 409 g/mol. The lowest BCUT2D eigenvalue weighted by molar-refractivity contribution is -0.136. The number of ether oxygens (including phenoxy) is 1. The summed E-state index contributed by atoms with van der Waals surface area (Å²) >= 11 is 0. The number of rotatable bonds is 4. The van der Waals surface area contributed by atoms with E-state index < -0.39 is 0 Å². The Balaban J connectivity index is 1.75. The van der Waals surface area contributed by atoms with Crippen LogP contribution < -0.4 is 5.32 Å². The highest BCUT2D eigenvalue weighted by molar-refractivity contribution is 6.05. The van der Waals surface area contributed by atoms with E-state index in [1.807, 2.05) is 13.0 Å². The second-order valence-corrected chi connectivity index (χ2v) is 8.68. The van der Waals surface area contributed by atoms with Crippen LogP contribution in [0.25, 0.3) is 5.57 Å². The van der Waals surface area contributed by atoms with Gasteiger partial charge in [0.2, 0.25) is 5.91 Å². The van der Waals surface area contributed by atoms with Crippen molar-refractivity contribution < 1.29 is 24.2 Å². The zero-order valence-corrected chi connectivity index (χ0v) is 17.6. The number of nitrogens with one attached hydrogen (secondary N) is 1. The number of Topliss-reactive ketones (excluding diaryl/α,β-unsaturated/α-hetero) is 1. The van der Waals surface area contributed by atoms with E-state index in [1.54, 1.807) is 13.0 Å². The fourth-order valence-corrected chi connectivity index (χ4v) is 5.17. The first-order valence-corrected chi connectivity index (χ1v) is 10.5. The molecule has 0 saturated heterocycles. The van der Waals surface area contributed by atoms with Crippen molar-refractivity contribution in [3.8, 4) is 5.75 Å². The Labute approximate surface area is 176 Å². The molecule has 4 rings (SSSR count). The zero-order valence-electron chi connectivity index (χ0n) is 17.6.